The Labute approximate surface area is 145 Å². The third-order valence-electron chi connectivity index (χ3n) is 8.34. The predicted octanol–water partition coefficient (Wildman–Crippen LogP) is 4.24. The number of hydrogen-bond acceptors (Lipinski definition) is 3. The monoisotopic (exact) mass is 332 g/mol. The summed E-state index contributed by atoms with van der Waals surface area (Å²) < 4.78 is 5.51. The van der Waals surface area contributed by atoms with Gasteiger partial charge in [-0.2, -0.15) is 0 Å². The second kappa shape index (κ2) is 5.59. The second-order valence-corrected chi connectivity index (χ2v) is 9.37. The van der Waals surface area contributed by atoms with E-state index in [2.05, 4.69) is 19.9 Å². The van der Waals surface area contributed by atoms with Gasteiger partial charge in [-0.3, -0.25) is 4.79 Å². The molecular weight excluding hydrogens is 300 g/mol. The summed E-state index contributed by atoms with van der Waals surface area (Å²) in [6.07, 6.45) is 11.3. The van der Waals surface area contributed by atoms with Crippen LogP contribution in [0.1, 0.15) is 72.1 Å². The molecule has 0 unspecified atom stereocenters. The summed E-state index contributed by atoms with van der Waals surface area (Å²) in [5.74, 6) is 2.03. The van der Waals surface area contributed by atoms with E-state index in [4.69, 9.17) is 4.74 Å². The van der Waals surface area contributed by atoms with Crippen LogP contribution in [0.5, 0.6) is 0 Å². The van der Waals surface area contributed by atoms with Crippen LogP contribution in [0, 0.1) is 28.6 Å². The molecule has 0 amide bonds. The van der Waals surface area contributed by atoms with Gasteiger partial charge in [-0.1, -0.05) is 25.5 Å². The Bertz CT molecular complexity index is 567. The molecule has 3 fully saturated rings. The van der Waals surface area contributed by atoms with Crippen molar-refractivity contribution in [2.75, 3.05) is 0 Å². The van der Waals surface area contributed by atoms with Gasteiger partial charge in [-0.25, -0.2) is 0 Å². The Hall–Kier alpha value is -0.830. The lowest BCUT2D eigenvalue weighted by Gasteiger charge is -2.57. The lowest BCUT2D eigenvalue weighted by Crippen LogP contribution is -2.51. The van der Waals surface area contributed by atoms with E-state index in [0.29, 0.717) is 5.92 Å². The van der Waals surface area contributed by atoms with Gasteiger partial charge < -0.3 is 9.84 Å². The van der Waals surface area contributed by atoms with E-state index < -0.39 is 0 Å². The highest BCUT2D eigenvalue weighted by molar-refractivity contribution is 5.66. The third-order valence-corrected chi connectivity index (χ3v) is 8.34. The average molecular weight is 332 g/mol. The molecule has 3 nitrogen and oxygen atoms in total. The Kier molecular flexibility index (Phi) is 3.87. The first-order valence-corrected chi connectivity index (χ1v) is 9.89. The van der Waals surface area contributed by atoms with Gasteiger partial charge in [0.15, 0.2) is 0 Å². The number of rotatable bonds is 1. The van der Waals surface area contributed by atoms with Crippen LogP contribution in [-0.4, -0.2) is 23.3 Å². The zero-order valence-corrected chi connectivity index (χ0v) is 15.4. The van der Waals surface area contributed by atoms with Gasteiger partial charge in [0, 0.05) is 13.3 Å². The molecule has 134 valence electrons. The van der Waals surface area contributed by atoms with E-state index in [1.807, 2.05) is 0 Å². The van der Waals surface area contributed by atoms with Gasteiger partial charge in [0.05, 0.1) is 6.10 Å². The molecule has 0 aromatic rings. The number of carbonyl (C=O) groups excluding carboxylic acids is 1. The molecular formula is C21H32O3. The number of esters is 1. The predicted molar refractivity (Wildman–Crippen MR) is 93.3 cm³/mol. The van der Waals surface area contributed by atoms with Gasteiger partial charge in [0.1, 0.15) is 6.10 Å². The van der Waals surface area contributed by atoms with Gasteiger partial charge in [0.25, 0.3) is 0 Å². The van der Waals surface area contributed by atoms with Crippen LogP contribution in [0.15, 0.2) is 11.6 Å². The minimum absolute atomic E-state index is 0.0838. The summed E-state index contributed by atoms with van der Waals surface area (Å²) in [4.78, 5) is 11.3. The standard InChI is InChI=1S/C21H32O3/c1-13(22)24-15-8-10-20(2)14(12-15)4-5-16-17-6-7-19(23)21(17,3)11-9-18(16)20/h4,15-19,23H,5-12H2,1-3H3/t15-,16-,17-,18-,19-,20+,21+/m0/s1. The van der Waals surface area contributed by atoms with Crippen molar-refractivity contribution >= 4 is 5.97 Å². The quantitative estimate of drug-likeness (QED) is 0.577. The molecule has 4 rings (SSSR count). The van der Waals surface area contributed by atoms with Crippen LogP contribution >= 0.6 is 0 Å². The first-order valence-electron chi connectivity index (χ1n) is 9.89. The lowest BCUT2D eigenvalue weighted by atomic mass is 9.48. The van der Waals surface area contributed by atoms with E-state index in [0.717, 1.165) is 43.9 Å². The number of fused-ring (bicyclic) bond motifs is 5. The van der Waals surface area contributed by atoms with Gasteiger partial charge >= 0.3 is 5.97 Å². The van der Waals surface area contributed by atoms with Crippen molar-refractivity contribution < 1.29 is 14.6 Å². The van der Waals surface area contributed by atoms with Crippen molar-refractivity contribution in [3.05, 3.63) is 11.6 Å². The molecule has 0 heterocycles. The van der Waals surface area contributed by atoms with Crippen molar-refractivity contribution in [3.63, 3.8) is 0 Å². The Morgan fingerprint density at radius 2 is 1.96 bits per heavy atom. The maximum Gasteiger partial charge on any atom is 0.302 e. The summed E-state index contributed by atoms with van der Waals surface area (Å²) in [5, 5.41) is 10.5. The van der Waals surface area contributed by atoms with Crippen LogP contribution in [0.4, 0.5) is 0 Å². The van der Waals surface area contributed by atoms with Crippen molar-refractivity contribution in [1.29, 1.82) is 0 Å². The lowest BCUT2D eigenvalue weighted by molar-refractivity contribution is -0.148. The van der Waals surface area contributed by atoms with E-state index in [1.54, 1.807) is 5.57 Å². The number of allylic oxidation sites excluding steroid dienone is 1. The van der Waals surface area contributed by atoms with Gasteiger partial charge in [0.2, 0.25) is 0 Å². The van der Waals surface area contributed by atoms with Crippen molar-refractivity contribution in [2.24, 2.45) is 28.6 Å². The fourth-order valence-electron chi connectivity index (χ4n) is 6.94. The molecule has 24 heavy (non-hydrogen) atoms. The first-order chi connectivity index (χ1) is 11.3. The van der Waals surface area contributed by atoms with Crippen LogP contribution in [0.2, 0.25) is 0 Å². The van der Waals surface area contributed by atoms with Gasteiger partial charge in [-0.15, -0.1) is 0 Å². The average Bonchev–Trinajstić information content (AvgIpc) is 2.83. The summed E-state index contributed by atoms with van der Waals surface area (Å²) in [6, 6.07) is 0. The first kappa shape index (κ1) is 16.6. The molecule has 0 aromatic carbocycles. The molecule has 3 saturated carbocycles. The van der Waals surface area contributed by atoms with Crippen molar-refractivity contribution in [1.82, 2.24) is 0 Å². The zero-order chi connectivity index (χ0) is 17.1. The Morgan fingerprint density at radius 3 is 2.71 bits per heavy atom. The van der Waals surface area contributed by atoms with E-state index >= 15 is 0 Å². The van der Waals surface area contributed by atoms with Crippen molar-refractivity contribution in [3.8, 4) is 0 Å². The largest absolute Gasteiger partial charge is 0.462 e. The topological polar surface area (TPSA) is 46.5 Å². The highest BCUT2D eigenvalue weighted by atomic mass is 16.5. The van der Waals surface area contributed by atoms with E-state index in [-0.39, 0.29) is 29.0 Å². The molecule has 4 aliphatic carbocycles. The minimum Gasteiger partial charge on any atom is -0.462 e. The fraction of sp³-hybridized carbons (Fsp3) is 0.857. The van der Waals surface area contributed by atoms with Crippen LogP contribution in [-0.2, 0) is 9.53 Å². The molecule has 0 saturated heterocycles. The molecule has 0 spiro atoms. The summed E-state index contributed by atoms with van der Waals surface area (Å²) in [7, 11) is 0. The SMILES string of the molecule is CC(=O)O[C@H]1CC[C@]2(C)C(=CC[C@H]3[C@@H]4CC[C@H](O)[C@]4(C)CC[C@@H]32)C1. The molecule has 0 bridgehead atoms. The highest BCUT2D eigenvalue weighted by Crippen LogP contribution is 2.64. The fourth-order valence-corrected chi connectivity index (χ4v) is 6.94. The second-order valence-electron chi connectivity index (χ2n) is 9.37. The molecule has 1 N–H and O–H groups in total. The minimum atomic E-state index is -0.147. The number of aliphatic hydroxyl groups excluding tert-OH is 1. The Morgan fingerprint density at radius 1 is 1.17 bits per heavy atom. The molecule has 0 radical (unpaired) electrons. The van der Waals surface area contributed by atoms with E-state index in [1.165, 1.54) is 26.2 Å². The van der Waals surface area contributed by atoms with Gasteiger partial charge in [-0.05, 0) is 73.5 Å². The Balaban J connectivity index is 1.59. The normalized spacial score (nSPS) is 50.3. The maximum atomic E-state index is 11.3. The molecule has 0 aliphatic heterocycles. The van der Waals surface area contributed by atoms with Crippen LogP contribution in [0.3, 0.4) is 0 Å². The van der Waals surface area contributed by atoms with E-state index in [9.17, 15) is 9.90 Å². The molecule has 7 atom stereocenters. The molecule has 4 aliphatic rings. The number of aliphatic hydroxyl groups is 1. The zero-order valence-electron chi connectivity index (χ0n) is 15.4. The number of ether oxygens (including phenoxy) is 1. The number of hydrogen-bond donors (Lipinski definition) is 1. The summed E-state index contributed by atoms with van der Waals surface area (Å²) in [6.45, 7) is 6.32. The molecule has 0 aromatic heterocycles. The highest BCUT2D eigenvalue weighted by Gasteiger charge is 2.58. The van der Waals surface area contributed by atoms with Crippen LogP contribution < -0.4 is 0 Å². The molecule has 3 heteroatoms. The maximum absolute atomic E-state index is 11.3. The summed E-state index contributed by atoms with van der Waals surface area (Å²) >= 11 is 0. The van der Waals surface area contributed by atoms with Crippen LogP contribution in [0.25, 0.3) is 0 Å². The third kappa shape index (κ3) is 2.30. The number of carbonyl (C=O) groups is 1. The smallest absolute Gasteiger partial charge is 0.302 e. The van der Waals surface area contributed by atoms with Crippen molar-refractivity contribution in [2.45, 2.75) is 84.3 Å². The summed E-state index contributed by atoms with van der Waals surface area (Å²) in [5.41, 5.74) is 1.98.